The molecule has 0 amide bonds. The molecule has 1 aliphatic rings. The first-order valence-electron chi connectivity index (χ1n) is 6.29. The molecule has 1 atom stereocenters. The molecule has 1 aromatic carbocycles. The SMILES string of the molecule is O=S1(=O)CCC(Nc2cccc(Cl)c2-n2ccnc2)C1. The molecule has 3 rings (SSSR count). The van der Waals surface area contributed by atoms with Gasteiger partial charge in [-0.1, -0.05) is 17.7 Å². The van der Waals surface area contributed by atoms with Gasteiger partial charge >= 0.3 is 0 Å². The van der Waals surface area contributed by atoms with E-state index in [0.717, 1.165) is 11.4 Å². The van der Waals surface area contributed by atoms with Gasteiger partial charge in [-0.3, -0.25) is 0 Å². The molecular weight excluding hydrogens is 298 g/mol. The number of sulfone groups is 1. The number of anilines is 1. The van der Waals surface area contributed by atoms with Crippen molar-refractivity contribution in [2.24, 2.45) is 0 Å². The Morgan fingerprint density at radius 1 is 1.40 bits per heavy atom. The fraction of sp³-hybridized carbons (Fsp3) is 0.308. The van der Waals surface area contributed by atoms with Gasteiger partial charge in [-0.05, 0) is 18.6 Å². The zero-order valence-electron chi connectivity index (χ0n) is 10.7. The highest BCUT2D eigenvalue weighted by atomic mass is 35.5. The lowest BCUT2D eigenvalue weighted by atomic mass is 10.2. The van der Waals surface area contributed by atoms with E-state index in [9.17, 15) is 8.42 Å². The van der Waals surface area contributed by atoms with E-state index in [1.165, 1.54) is 0 Å². The molecule has 20 heavy (non-hydrogen) atoms. The van der Waals surface area contributed by atoms with Gasteiger partial charge in [-0.25, -0.2) is 13.4 Å². The lowest BCUT2D eigenvalue weighted by Gasteiger charge is -2.17. The first-order chi connectivity index (χ1) is 9.55. The number of nitrogens with zero attached hydrogens (tertiary/aromatic N) is 2. The van der Waals surface area contributed by atoms with Gasteiger partial charge in [-0.15, -0.1) is 0 Å². The third-order valence-electron chi connectivity index (χ3n) is 3.34. The van der Waals surface area contributed by atoms with Crippen LogP contribution in [0.1, 0.15) is 6.42 Å². The third-order valence-corrected chi connectivity index (χ3v) is 5.41. The Morgan fingerprint density at radius 2 is 2.25 bits per heavy atom. The van der Waals surface area contributed by atoms with Crippen molar-refractivity contribution in [1.29, 1.82) is 0 Å². The monoisotopic (exact) mass is 311 g/mol. The van der Waals surface area contributed by atoms with Crippen LogP contribution in [0.3, 0.4) is 0 Å². The highest BCUT2D eigenvalue weighted by molar-refractivity contribution is 7.91. The summed E-state index contributed by atoms with van der Waals surface area (Å²) in [5.74, 6) is 0.411. The molecule has 1 aliphatic heterocycles. The smallest absolute Gasteiger partial charge is 0.152 e. The topological polar surface area (TPSA) is 64.0 Å². The van der Waals surface area contributed by atoms with E-state index in [4.69, 9.17) is 11.6 Å². The highest BCUT2D eigenvalue weighted by Crippen LogP contribution is 2.30. The van der Waals surface area contributed by atoms with Crippen LogP contribution >= 0.6 is 11.6 Å². The van der Waals surface area contributed by atoms with E-state index in [1.54, 1.807) is 24.8 Å². The summed E-state index contributed by atoms with van der Waals surface area (Å²) < 4.78 is 24.9. The van der Waals surface area contributed by atoms with Crippen molar-refractivity contribution in [3.05, 3.63) is 41.9 Å². The Labute approximate surface area is 122 Å². The standard InChI is InChI=1S/C13H14ClN3O2S/c14-11-2-1-3-12(13(11)17-6-5-15-9-17)16-10-4-7-20(18,19)8-10/h1-3,5-6,9-10,16H,4,7-8H2. The van der Waals surface area contributed by atoms with Crippen molar-refractivity contribution < 1.29 is 8.42 Å². The summed E-state index contributed by atoms with van der Waals surface area (Å²) in [6.07, 6.45) is 5.76. The average Bonchev–Trinajstić information content (AvgIpc) is 2.99. The number of hydrogen-bond donors (Lipinski definition) is 1. The molecule has 0 bridgehead atoms. The number of imidazole rings is 1. The molecule has 1 saturated heterocycles. The maximum absolute atomic E-state index is 11.5. The van der Waals surface area contributed by atoms with Crippen LogP contribution in [0.15, 0.2) is 36.9 Å². The van der Waals surface area contributed by atoms with Gasteiger partial charge in [0.05, 0.1) is 34.2 Å². The fourth-order valence-electron chi connectivity index (χ4n) is 2.41. The zero-order chi connectivity index (χ0) is 14.2. The van der Waals surface area contributed by atoms with E-state index in [2.05, 4.69) is 10.3 Å². The van der Waals surface area contributed by atoms with E-state index in [-0.39, 0.29) is 17.5 Å². The molecule has 0 saturated carbocycles. The number of hydrogen-bond acceptors (Lipinski definition) is 4. The number of para-hydroxylation sites is 1. The average molecular weight is 312 g/mol. The van der Waals surface area contributed by atoms with Gasteiger partial charge in [0.1, 0.15) is 0 Å². The summed E-state index contributed by atoms with van der Waals surface area (Å²) in [5, 5.41) is 3.87. The number of halogens is 1. The summed E-state index contributed by atoms with van der Waals surface area (Å²) in [6.45, 7) is 0. The summed E-state index contributed by atoms with van der Waals surface area (Å²) in [4.78, 5) is 4.02. The van der Waals surface area contributed by atoms with Gasteiger partial charge in [0, 0.05) is 18.4 Å². The molecule has 1 aromatic heterocycles. The Hall–Kier alpha value is -1.53. The van der Waals surface area contributed by atoms with Crippen LogP contribution in [-0.4, -0.2) is 35.5 Å². The molecular formula is C13H14ClN3O2S. The first kappa shape index (κ1) is 13.5. The molecule has 0 radical (unpaired) electrons. The van der Waals surface area contributed by atoms with Crippen LogP contribution in [0.5, 0.6) is 0 Å². The van der Waals surface area contributed by atoms with E-state index in [1.807, 2.05) is 16.7 Å². The van der Waals surface area contributed by atoms with Crippen molar-refractivity contribution >= 4 is 27.1 Å². The predicted octanol–water partition coefficient (Wildman–Crippen LogP) is 2.12. The van der Waals surface area contributed by atoms with Crippen LogP contribution in [0.2, 0.25) is 5.02 Å². The summed E-state index contributed by atoms with van der Waals surface area (Å²) >= 11 is 6.26. The van der Waals surface area contributed by atoms with Crippen LogP contribution in [-0.2, 0) is 9.84 Å². The normalized spacial score (nSPS) is 20.9. The van der Waals surface area contributed by atoms with Crippen molar-refractivity contribution in [3.63, 3.8) is 0 Å². The minimum absolute atomic E-state index is 0.0688. The molecule has 7 heteroatoms. The van der Waals surface area contributed by atoms with Crippen LogP contribution in [0, 0.1) is 0 Å². The maximum atomic E-state index is 11.5. The second-order valence-electron chi connectivity index (χ2n) is 4.85. The number of aromatic nitrogens is 2. The molecule has 106 valence electrons. The molecule has 1 unspecified atom stereocenters. The molecule has 2 aromatic rings. The summed E-state index contributed by atoms with van der Waals surface area (Å²) in [6, 6.07) is 5.47. The Bertz CT molecular complexity index is 713. The highest BCUT2D eigenvalue weighted by Gasteiger charge is 2.28. The Balaban J connectivity index is 1.93. The predicted molar refractivity (Wildman–Crippen MR) is 79.3 cm³/mol. The maximum Gasteiger partial charge on any atom is 0.152 e. The van der Waals surface area contributed by atoms with Crippen LogP contribution in [0.25, 0.3) is 5.69 Å². The molecule has 0 aliphatic carbocycles. The van der Waals surface area contributed by atoms with Gasteiger partial charge in [0.15, 0.2) is 9.84 Å². The number of nitrogens with one attached hydrogen (secondary N) is 1. The molecule has 5 nitrogen and oxygen atoms in total. The molecule has 2 heterocycles. The van der Waals surface area contributed by atoms with Crippen molar-refractivity contribution in [2.75, 3.05) is 16.8 Å². The van der Waals surface area contributed by atoms with Crippen molar-refractivity contribution in [3.8, 4) is 5.69 Å². The van der Waals surface area contributed by atoms with E-state index in [0.29, 0.717) is 11.4 Å². The van der Waals surface area contributed by atoms with Crippen LogP contribution < -0.4 is 5.32 Å². The first-order valence-corrected chi connectivity index (χ1v) is 8.49. The quantitative estimate of drug-likeness (QED) is 0.943. The fourth-order valence-corrected chi connectivity index (χ4v) is 4.36. The molecule has 1 fully saturated rings. The van der Waals surface area contributed by atoms with Gasteiger partial charge < -0.3 is 9.88 Å². The summed E-state index contributed by atoms with van der Waals surface area (Å²) in [5.41, 5.74) is 1.61. The van der Waals surface area contributed by atoms with E-state index >= 15 is 0 Å². The largest absolute Gasteiger partial charge is 0.380 e. The number of rotatable bonds is 3. The van der Waals surface area contributed by atoms with Gasteiger partial charge in [0.25, 0.3) is 0 Å². The third kappa shape index (κ3) is 2.66. The molecule has 0 spiro atoms. The summed E-state index contributed by atoms with van der Waals surface area (Å²) in [7, 11) is -2.91. The lowest BCUT2D eigenvalue weighted by molar-refractivity contribution is 0.602. The number of benzene rings is 1. The Kier molecular flexibility index (Phi) is 3.43. The van der Waals surface area contributed by atoms with Crippen LogP contribution in [0.4, 0.5) is 5.69 Å². The zero-order valence-corrected chi connectivity index (χ0v) is 12.2. The molecule has 1 N–H and O–H groups in total. The lowest BCUT2D eigenvalue weighted by Crippen LogP contribution is -2.21. The minimum Gasteiger partial charge on any atom is -0.380 e. The minimum atomic E-state index is -2.91. The Morgan fingerprint density at radius 3 is 2.90 bits per heavy atom. The van der Waals surface area contributed by atoms with Gasteiger partial charge in [-0.2, -0.15) is 0 Å². The second-order valence-corrected chi connectivity index (χ2v) is 7.49. The van der Waals surface area contributed by atoms with Crippen molar-refractivity contribution in [1.82, 2.24) is 9.55 Å². The van der Waals surface area contributed by atoms with E-state index < -0.39 is 9.84 Å². The van der Waals surface area contributed by atoms with Crippen molar-refractivity contribution in [2.45, 2.75) is 12.5 Å². The van der Waals surface area contributed by atoms with Gasteiger partial charge in [0.2, 0.25) is 0 Å². The second kappa shape index (κ2) is 5.10.